The molecule has 1 fully saturated rings. The van der Waals surface area contributed by atoms with Crippen LogP contribution in [0.15, 0.2) is 48.5 Å². The Morgan fingerprint density at radius 1 is 1.00 bits per heavy atom. The minimum atomic E-state index is -0.465. The molecule has 2 aromatic rings. The number of ether oxygens (including phenoxy) is 1. The van der Waals surface area contributed by atoms with Crippen molar-refractivity contribution in [3.05, 3.63) is 59.7 Å². The van der Waals surface area contributed by atoms with Crippen molar-refractivity contribution in [3.63, 3.8) is 0 Å². The molecule has 0 aromatic heterocycles. The molecule has 140 valence electrons. The summed E-state index contributed by atoms with van der Waals surface area (Å²) in [7, 11) is 3.09. The molecule has 0 radical (unpaired) electrons. The van der Waals surface area contributed by atoms with Gasteiger partial charge in [-0.2, -0.15) is 0 Å². The van der Waals surface area contributed by atoms with E-state index in [1.165, 1.54) is 7.11 Å². The maximum Gasteiger partial charge on any atom is 0.337 e. The topological polar surface area (TPSA) is 66.9 Å². The van der Waals surface area contributed by atoms with Crippen LogP contribution in [0.1, 0.15) is 27.6 Å². The van der Waals surface area contributed by atoms with Gasteiger partial charge in [0.25, 0.3) is 5.91 Å². The van der Waals surface area contributed by atoms with E-state index in [0.29, 0.717) is 24.2 Å². The summed E-state index contributed by atoms with van der Waals surface area (Å²) < 4.78 is 4.75. The molecule has 27 heavy (non-hydrogen) atoms. The van der Waals surface area contributed by atoms with Crippen LogP contribution in [0.25, 0.3) is 11.1 Å². The summed E-state index contributed by atoms with van der Waals surface area (Å²) in [5, 5.41) is 0. The van der Waals surface area contributed by atoms with Crippen LogP contribution < -0.4 is 0 Å². The zero-order valence-electron chi connectivity index (χ0n) is 15.6. The zero-order chi connectivity index (χ0) is 19.6. The molecule has 1 saturated heterocycles. The summed E-state index contributed by atoms with van der Waals surface area (Å²) in [5.74, 6) is -0.595. The average molecular weight is 366 g/mol. The first-order valence-corrected chi connectivity index (χ1v) is 8.77. The zero-order valence-corrected chi connectivity index (χ0v) is 15.6. The monoisotopic (exact) mass is 366 g/mol. The Morgan fingerprint density at radius 3 is 2.37 bits per heavy atom. The van der Waals surface area contributed by atoms with Crippen LogP contribution in [0, 0.1) is 0 Å². The van der Waals surface area contributed by atoms with Gasteiger partial charge in [-0.1, -0.05) is 24.3 Å². The van der Waals surface area contributed by atoms with Crippen molar-refractivity contribution in [3.8, 4) is 11.1 Å². The number of hydrogen-bond donors (Lipinski definition) is 0. The van der Waals surface area contributed by atoms with Gasteiger partial charge >= 0.3 is 5.97 Å². The number of benzene rings is 2. The Hall–Kier alpha value is -3.15. The number of amides is 2. The normalized spacial score (nSPS) is 17.0. The van der Waals surface area contributed by atoms with Gasteiger partial charge in [0.05, 0.1) is 12.7 Å². The van der Waals surface area contributed by atoms with Crippen LogP contribution in [0.2, 0.25) is 0 Å². The fourth-order valence-corrected chi connectivity index (χ4v) is 3.21. The molecule has 6 nitrogen and oxygen atoms in total. The Kier molecular flexibility index (Phi) is 5.26. The lowest BCUT2D eigenvalue weighted by atomic mass is 10.0. The van der Waals surface area contributed by atoms with Gasteiger partial charge in [-0.3, -0.25) is 9.59 Å². The number of hydrogen-bond acceptors (Lipinski definition) is 4. The minimum Gasteiger partial charge on any atom is -0.465 e. The molecule has 0 N–H and O–H groups in total. The summed E-state index contributed by atoms with van der Waals surface area (Å²) >= 11 is 0. The van der Waals surface area contributed by atoms with E-state index in [-0.39, 0.29) is 11.8 Å². The van der Waals surface area contributed by atoms with Crippen molar-refractivity contribution >= 4 is 17.8 Å². The summed E-state index contributed by atoms with van der Waals surface area (Å²) in [6, 6.07) is 13.8. The van der Waals surface area contributed by atoms with Crippen molar-refractivity contribution in [2.75, 3.05) is 27.2 Å². The fourth-order valence-electron chi connectivity index (χ4n) is 3.21. The predicted octanol–water partition coefficient (Wildman–Crippen LogP) is 2.44. The summed E-state index contributed by atoms with van der Waals surface area (Å²) in [6.45, 7) is 2.81. The first kappa shape index (κ1) is 18.6. The number of likely N-dealkylation sites (N-methyl/N-ethyl adjacent to an activating group) is 1. The van der Waals surface area contributed by atoms with Crippen LogP contribution in [0.5, 0.6) is 0 Å². The van der Waals surface area contributed by atoms with Gasteiger partial charge < -0.3 is 14.5 Å². The first-order valence-electron chi connectivity index (χ1n) is 8.77. The molecule has 1 aliphatic heterocycles. The van der Waals surface area contributed by atoms with Crippen LogP contribution >= 0.6 is 0 Å². The summed E-state index contributed by atoms with van der Waals surface area (Å²) in [6.07, 6.45) is 0. The molecule has 6 heteroatoms. The smallest absolute Gasteiger partial charge is 0.337 e. The number of rotatable bonds is 3. The second-order valence-electron chi connectivity index (χ2n) is 6.58. The van der Waals surface area contributed by atoms with Crippen molar-refractivity contribution < 1.29 is 19.1 Å². The second kappa shape index (κ2) is 7.61. The third kappa shape index (κ3) is 3.69. The maximum atomic E-state index is 12.8. The van der Waals surface area contributed by atoms with E-state index in [4.69, 9.17) is 4.74 Å². The van der Waals surface area contributed by atoms with E-state index in [0.717, 1.165) is 11.1 Å². The third-order valence-electron chi connectivity index (χ3n) is 4.89. The molecule has 0 spiro atoms. The molecule has 0 unspecified atom stereocenters. The van der Waals surface area contributed by atoms with E-state index in [1.54, 1.807) is 54.1 Å². The van der Waals surface area contributed by atoms with Crippen LogP contribution in [-0.2, 0) is 9.53 Å². The van der Waals surface area contributed by atoms with Gasteiger partial charge in [-0.05, 0) is 42.3 Å². The van der Waals surface area contributed by atoms with Crippen molar-refractivity contribution in [2.45, 2.75) is 13.0 Å². The fraction of sp³-hybridized carbons (Fsp3) is 0.286. The van der Waals surface area contributed by atoms with Crippen molar-refractivity contribution in [1.29, 1.82) is 0 Å². The average Bonchev–Trinajstić information content (AvgIpc) is 2.71. The quantitative estimate of drug-likeness (QED) is 0.783. The van der Waals surface area contributed by atoms with Gasteiger partial charge in [0.1, 0.15) is 6.04 Å². The molecule has 2 amide bonds. The number of carbonyl (C=O) groups excluding carboxylic acids is 3. The van der Waals surface area contributed by atoms with Gasteiger partial charge in [0, 0.05) is 25.7 Å². The molecule has 1 aliphatic rings. The van der Waals surface area contributed by atoms with Gasteiger partial charge in [0.15, 0.2) is 0 Å². The molecule has 0 saturated carbocycles. The highest BCUT2D eigenvalue weighted by molar-refractivity contribution is 5.98. The van der Waals surface area contributed by atoms with E-state index >= 15 is 0 Å². The summed E-state index contributed by atoms with van der Waals surface area (Å²) in [5.41, 5.74) is 2.76. The number of carbonyl (C=O) groups is 3. The van der Waals surface area contributed by atoms with Crippen molar-refractivity contribution in [2.24, 2.45) is 0 Å². The Balaban J connectivity index is 1.80. The Labute approximate surface area is 158 Å². The lowest BCUT2D eigenvalue weighted by Crippen LogP contribution is -2.56. The molecule has 0 bridgehead atoms. The SMILES string of the molecule is COC(=O)c1cccc(-c2ccc(C(=O)N3CCN(C)C(=O)[C@H]3C)cc2)c1. The van der Waals surface area contributed by atoms with Gasteiger partial charge in [-0.25, -0.2) is 4.79 Å². The standard InChI is InChI=1S/C21H22N2O4/c1-14-19(24)22(2)11-12-23(14)20(25)16-9-7-15(8-10-16)17-5-4-6-18(13-17)21(26)27-3/h4-10,13-14H,11-12H2,1-3H3/t14-/m1/s1. The maximum absolute atomic E-state index is 12.8. The van der Waals surface area contributed by atoms with E-state index in [9.17, 15) is 14.4 Å². The highest BCUT2D eigenvalue weighted by Crippen LogP contribution is 2.22. The molecule has 3 rings (SSSR count). The second-order valence-corrected chi connectivity index (χ2v) is 6.58. The molecular weight excluding hydrogens is 344 g/mol. The summed E-state index contributed by atoms with van der Waals surface area (Å²) in [4.78, 5) is 39.8. The number of esters is 1. The van der Waals surface area contributed by atoms with E-state index < -0.39 is 12.0 Å². The molecule has 1 heterocycles. The largest absolute Gasteiger partial charge is 0.465 e. The molecule has 0 aliphatic carbocycles. The van der Waals surface area contributed by atoms with E-state index in [1.807, 2.05) is 18.2 Å². The third-order valence-corrected chi connectivity index (χ3v) is 4.89. The van der Waals surface area contributed by atoms with Crippen LogP contribution in [0.3, 0.4) is 0 Å². The number of piperazine rings is 1. The van der Waals surface area contributed by atoms with Gasteiger partial charge in [-0.15, -0.1) is 0 Å². The Bertz CT molecular complexity index is 876. The highest BCUT2D eigenvalue weighted by Gasteiger charge is 2.32. The van der Waals surface area contributed by atoms with Gasteiger partial charge in [0.2, 0.25) is 5.91 Å². The predicted molar refractivity (Wildman–Crippen MR) is 101 cm³/mol. The Morgan fingerprint density at radius 2 is 1.70 bits per heavy atom. The lowest BCUT2D eigenvalue weighted by molar-refractivity contribution is -0.137. The molecule has 2 aromatic carbocycles. The van der Waals surface area contributed by atoms with E-state index in [2.05, 4.69) is 0 Å². The lowest BCUT2D eigenvalue weighted by Gasteiger charge is -2.37. The highest BCUT2D eigenvalue weighted by atomic mass is 16.5. The first-order chi connectivity index (χ1) is 12.9. The number of nitrogens with zero attached hydrogens (tertiary/aromatic N) is 2. The molecular formula is C21H22N2O4. The number of methoxy groups -OCH3 is 1. The minimum absolute atomic E-state index is 0.0501. The van der Waals surface area contributed by atoms with Crippen LogP contribution in [0.4, 0.5) is 0 Å². The van der Waals surface area contributed by atoms with Crippen molar-refractivity contribution in [1.82, 2.24) is 9.80 Å². The van der Waals surface area contributed by atoms with Crippen LogP contribution in [-0.4, -0.2) is 60.9 Å². The molecule has 1 atom stereocenters.